The summed E-state index contributed by atoms with van der Waals surface area (Å²) in [5, 5.41) is 17.2. The molecule has 3 nitrogen and oxygen atoms in total. The van der Waals surface area contributed by atoms with Crippen molar-refractivity contribution < 1.29 is 23.1 Å². The van der Waals surface area contributed by atoms with Gasteiger partial charge in [-0.05, 0) is 17.7 Å². The van der Waals surface area contributed by atoms with Gasteiger partial charge in [-0.1, -0.05) is 18.2 Å². The number of carboxylic acids is 1. The molecular weight excluding hydrogens is 247 g/mol. The molecule has 0 bridgehead atoms. The van der Waals surface area contributed by atoms with Crippen LogP contribution in [-0.2, 0) is 11.0 Å². The normalized spacial score (nSPS) is 11.4. The molecule has 0 amide bonds. The van der Waals surface area contributed by atoms with Crippen LogP contribution in [0.5, 0.6) is 0 Å². The van der Waals surface area contributed by atoms with E-state index >= 15 is 0 Å². The number of carbonyl (C=O) groups is 1. The highest BCUT2D eigenvalue weighted by atomic mass is 19.4. The second kappa shape index (κ2) is 5.36. The SMILES string of the molecule is N#Cc1cc(C(F)(F)F)ccc1C=CCC(=O)O. The van der Waals surface area contributed by atoms with Crippen LogP contribution in [0.15, 0.2) is 24.3 Å². The lowest BCUT2D eigenvalue weighted by atomic mass is 10.0. The Balaban J connectivity index is 3.06. The van der Waals surface area contributed by atoms with Crippen LogP contribution >= 0.6 is 0 Å². The molecule has 0 aromatic heterocycles. The lowest BCUT2D eigenvalue weighted by Crippen LogP contribution is -2.05. The van der Waals surface area contributed by atoms with Gasteiger partial charge in [0.05, 0.1) is 23.6 Å². The Morgan fingerprint density at radius 1 is 1.44 bits per heavy atom. The first-order chi connectivity index (χ1) is 8.34. The summed E-state index contributed by atoms with van der Waals surface area (Å²) in [5.74, 6) is -1.06. The molecule has 1 N–H and O–H groups in total. The number of alkyl halides is 3. The highest BCUT2D eigenvalue weighted by molar-refractivity contribution is 5.71. The first-order valence-electron chi connectivity index (χ1n) is 4.84. The summed E-state index contributed by atoms with van der Waals surface area (Å²) in [6.07, 6.45) is -2.18. The summed E-state index contributed by atoms with van der Waals surface area (Å²) in [6.45, 7) is 0. The maximum Gasteiger partial charge on any atom is 0.416 e. The monoisotopic (exact) mass is 255 g/mol. The molecule has 1 rings (SSSR count). The molecule has 0 radical (unpaired) electrons. The minimum atomic E-state index is -4.51. The molecule has 0 aliphatic heterocycles. The van der Waals surface area contributed by atoms with Crippen LogP contribution in [-0.4, -0.2) is 11.1 Å². The fourth-order valence-electron chi connectivity index (χ4n) is 1.26. The number of nitrogens with zero attached hydrogens (tertiary/aromatic N) is 1. The molecule has 0 unspecified atom stereocenters. The van der Waals surface area contributed by atoms with Crippen molar-refractivity contribution in [1.29, 1.82) is 5.26 Å². The summed E-state index contributed by atoms with van der Waals surface area (Å²) in [4.78, 5) is 10.3. The zero-order valence-corrected chi connectivity index (χ0v) is 9.03. The zero-order chi connectivity index (χ0) is 13.8. The minimum Gasteiger partial charge on any atom is -0.481 e. The molecule has 0 aliphatic rings. The van der Waals surface area contributed by atoms with E-state index in [-0.39, 0.29) is 17.5 Å². The van der Waals surface area contributed by atoms with Gasteiger partial charge in [-0.25, -0.2) is 0 Å². The smallest absolute Gasteiger partial charge is 0.416 e. The first-order valence-corrected chi connectivity index (χ1v) is 4.84. The molecule has 0 fully saturated rings. The van der Waals surface area contributed by atoms with Gasteiger partial charge in [-0.2, -0.15) is 18.4 Å². The van der Waals surface area contributed by atoms with Gasteiger partial charge in [0.1, 0.15) is 0 Å². The second-order valence-corrected chi connectivity index (χ2v) is 3.41. The van der Waals surface area contributed by atoms with Gasteiger partial charge in [0.2, 0.25) is 0 Å². The standard InChI is InChI=1S/C12H8F3NO2/c13-12(14,15)10-5-4-8(9(6-10)7-16)2-1-3-11(17)18/h1-2,4-6H,3H2,(H,17,18). The molecule has 94 valence electrons. The number of aliphatic carboxylic acids is 1. The van der Waals surface area contributed by atoms with Crippen LogP contribution in [0.1, 0.15) is 23.1 Å². The van der Waals surface area contributed by atoms with E-state index in [0.29, 0.717) is 0 Å². The summed E-state index contributed by atoms with van der Waals surface area (Å²) < 4.78 is 37.2. The van der Waals surface area contributed by atoms with Gasteiger partial charge in [0.15, 0.2) is 0 Å². The van der Waals surface area contributed by atoms with Gasteiger partial charge in [-0.3, -0.25) is 4.79 Å². The Kier molecular flexibility index (Phi) is 4.10. The highest BCUT2D eigenvalue weighted by Crippen LogP contribution is 2.30. The van der Waals surface area contributed by atoms with E-state index in [0.717, 1.165) is 18.2 Å². The van der Waals surface area contributed by atoms with Crippen molar-refractivity contribution in [2.45, 2.75) is 12.6 Å². The maximum atomic E-state index is 12.4. The fraction of sp³-hybridized carbons (Fsp3) is 0.167. The van der Waals surface area contributed by atoms with Crippen LogP contribution in [0.2, 0.25) is 0 Å². The summed E-state index contributed by atoms with van der Waals surface area (Å²) in [7, 11) is 0. The summed E-state index contributed by atoms with van der Waals surface area (Å²) in [6, 6.07) is 4.37. The number of benzene rings is 1. The van der Waals surface area contributed by atoms with Crippen molar-refractivity contribution in [1.82, 2.24) is 0 Å². The van der Waals surface area contributed by atoms with Crippen LogP contribution in [0.25, 0.3) is 6.08 Å². The van der Waals surface area contributed by atoms with Crippen molar-refractivity contribution in [2.75, 3.05) is 0 Å². The summed E-state index contributed by atoms with van der Waals surface area (Å²) in [5.41, 5.74) is -0.798. The van der Waals surface area contributed by atoms with E-state index in [1.165, 1.54) is 12.2 Å². The molecule has 18 heavy (non-hydrogen) atoms. The van der Waals surface area contributed by atoms with Crippen molar-refractivity contribution >= 4 is 12.0 Å². The molecule has 1 aromatic carbocycles. The van der Waals surface area contributed by atoms with Crippen molar-refractivity contribution in [3.05, 3.63) is 41.0 Å². The van der Waals surface area contributed by atoms with E-state index in [4.69, 9.17) is 10.4 Å². The molecule has 0 aliphatic carbocycles. The van der Waals surface area contributed by atoms with Crippen LogP contribution in [0.4, 0.5) is 13.2 Å². The Hall–Kier alpha value is -2.29. The lowest BCUT2D eigenvalue weighted by molar-refractivity contribution is -0.138. The predicted octanol–water partition coefficient (Wildman–Crippen LogP) is 3.06. The summed E-state index contributed by atoms with van der Waals surface area (Å²) >= 11 is 0. The van der Waals surface area contributed by atoms with Crippen molar-refractivity contribution in [3.8, 4) is 6.07 Å². The highest BCUT2D eigenvalue weighted by Gasteiger charge is 2.30. The van der Waals surface area contributed by atoms with Crippen LogP contribution in [0.3, 0.4) is 0 Å². The number of hydrogen-bond donors (Lipinski definition) is 1. The molecule has 6 heteroatoms. The Morgan fingerprint density at radius 2 is 2.11 bits per heavy atom. The van der Waals surface area contributed by atoms with Gasteiger partial charge >= 0.3 is 12.1 Å². The van der Waals surface area contributed by atoms with Gasteiger partial charge in [0.25, 0.3) is 0 Å². The van der Waals surface area contributed by atoms with Gasteiger partial charge in [-0.15, -0.1) is 0 Å². The van der Waals surface area contributed by atoms with E-state index in [1.807, 2.05) is 0 Å². The van der Waals surface area contributed by atoms with Crippen molar-refractivity contribution in [2.24, 2.45) is 0 Å². The number of hydrogen-bond acceptors (Lipinski definition) is 2. The molecule has 0 saturated carbocycles. The maximum absolute atomic E-state index is 12.4. The first kappa shape index (κ1) is 13.8. The molecule has 0 heterocycles. The van der Waals surface area contributed by atoms with E-state index in [1.54, 1.807) is 6.07 Å². The van der Waals surface area contributed by atoms with E-state index in [9.17, 15) is 18.0 Å². The molecule has 0 spiro atoms. The number of nitriles is 1. The number of rotatable bonds is 3. The second-order valence-electron chi connectivity index (χ2n) is 3.41. The fourth-order valence-corrected chi connectivity index (χ4v) is 1.26. The third-order valence-corrected chi connectivity index (χ3v) is 2.09. The van der Waals surface area contributed by atoms with Gasteiger partial charge < -0.3 is 5.11 Å². The van der Waals surface area contributed by atoms with Crippen LogP contribution in [0, 0.1) is 11.3 Å². The van der Waals surface area contributed by atoms with E-state index in [2.05, 4.69) is 0 Å². The quantitative estimate of drug-likeness (QED) is 0.902. The minimum absolute atomic E-state index is 0.147. The van der Waals surface area contributed by atoms with Crippen LogP contribution < -0.4 is 0 Å². The molecule has 0 atom stereocenters. The third kappa shape index (κ3) is 3.63. The third-order valence-electron chi connectivity index (χ3n) is 2.09. The molecular formula is C12H8F3NO2. The van der Waals surface area contributed by atoms with E-state index < -0.39 is 17.7 Å². The average molecular weight is 255 g/mol. The average Bonchev–Trinajstić information content (AvgIpc) is 2.27. The number of carboxylic acid groups (broad SMARTS) is 1. The topological polar surface area (TPSA) is 61.1 Å². The molecule has 0 saturated heterocycles. The Morgan fingerprint density at radius 3 is 2.61 bits per heavy atom. The largest absolute Gasteiger partial charge is 0.481 e. The Labute approximate surface area is 101 Å². The molecule has 1 aromatic rings. The predicted molar refractivity (Wildman–Crippen MR) is 57.4 cm³/mol. The lowest BCUT2D eigenvalue weighted by Gasteiger charge is -2.07. The van der Waals surface area contributed by atoms with Crippen molar-refractivity contribution in [3.63, 3.8) is 0 Å². The zero-order valence-electron chi connectivity index (χ0n) is 9.03. The van der Waals surface area contributed by atoms with Gasteiger partial charge in [0, 0.05) is 0 Å². The Bertz CT molecular complexity index is 527. The number of halogens is 3.